The molecule has 3 N–H and O–H groups in total. The number of aromatic nitrogens is 5. The molecule has 0 aliphatic carbocycles. The summed E-state index contributed by atoms with van der Waals surface area (Å²) in [6, 6.07) is -0.194. The molecular weight excluding hydrogens is 312 g/mol. The number of likely N-dealkylation sites (tertiary alicyclic amines) is 1. The summed E-state index contributed by atoms with van der Waals surface area (Å²) < 4.78 is 3.27. The van der Waals surface area contributed by atoms with Gasteiger partial charge in [-0.25, -0.2) is 4.79 Å². The first-order chi connectivity index (χ1) is 11.5. The highest BCUT2D eigenvalue weighted by Gasteiger charge is 2.27. The van der Waals surface area contributed by atoms with E-state index in [4.69, 9.17) is 5.73 Å². The number of rotatable bonds is 4. The third kappa shape index (κ3) is 3.53. The zero-order chi connectivity index (χ0) is 17.1. The van der Waals surface area contributed by atoms with Crippen molar-refractivity contribution in [2.24, 2.45) is 12.8 Å². The van der Waals surface area contributed by atoms with Gasteiger partial charge >= 0.3 is 6.03 Å². The number of hydrogen-bond acceptors (Lipinski definition) is 5. The van der Waals surface area contributed by atoms with Crippen molar-refractivity contribution < 1.29 is 9.59 Å². The van der Waals surface area contributed by atoms with Gasteiger partial charge in [-0.05, 0) is 12.8 Å². The molecule has 3 heterocycles. The number of hydrogen-bond donors (Lipinski definition) is 2. The quantitative estimate of drug-likeness (QED) is 0.809. The highest BCUT2D eigenvalue weighted by Crippen LogP contribution is 2.25. The number of nitrogens with one attached hydrogen (secondary N) is 1. The Labute approximate surface area is 138 Å². The van der Waals surface area contributed by atoms with Crippen molar-refractivity contribution in [1.82, 2.24) is 29.4 Å². The van der Waals surface area contributed by atoms with Crippen molar-refractivity contribution in [1.29, 1.82) is 0 Å². The van der Waals surface area contributed by atoms with E-state index in [1.807, 2.05) is 11.6 Å². The number of nitrogens with two attached hydrogens (primary N) is 1. The number of carbonyl (C=O) groups excluding carboxylic acids is 2. The molecule has 1 aliphatic heterocycles. The number of aryl methyl sites for hydroxylation is 1. The van der Waals surface area contributed by atoms with Crippen LogP contribution in [0.2, 0.25) is 0 Å². The molecule has 10 nitrogen and oxygen atoms in total. The van der Waals surface area contributed by atoms with Crippen LogP contribution in [0.1, 0.15) is 24.6 Å². The summed E-state index contributed by atoms with van der Waals surface area (Å²) in [5, 5.41) is 14.8. The number of amides is 3. The van der Waals surface area contributed by atoms with Crippen LogP contribution in [-0.2, 0) is 18.4 Å². The summed E-state index contributed by atoms with van der Waals surface area (Å²) in [6.07, 6.45) is 6.62. The number of carbonyl (C=O) groups is 2. The van der Waals surface area contributed by atoms with Gasteiger partial charge in [-0.3, -0.25) is 9.48 Å². The van der Waals surface area contributed by atoms with Crippen LogP contribution in [-0.4, -0.2) is 54.5 Å². The van der Waals surface area contributed by atoms with Crippen molar-refractivity contribution in [2.45, 2.75) is 25.3 Å². The van der Waals surface area contributed by atoms with Gasteiger partial charge in [-0.1, -0.05) is 0 Å². The van der Waals surface area contributed by atoms with Gasteiger partial charge in [0.25, 0.3) is 0 Å². The molecule has 2 aromatic rings. The average Bonchev–Trinajstić information content (AvgIpc) is 3.16. The molecule has 0 saturated carbocycles. The van der Waals surface area contributed by atoms with Gasteiger partial charge in [0.1, 0.15) is 18.7 Å². The van der Waals surface area contributed by atoms with E-state index in [1.54, 1.807) is 17.4 Å². The standard InChI is InChI=1S/C14H20N8O2/c1-20-9-16-19-13(20)10-3-2-4-21(6-10)14(24)18-11-5-17-22(7-11)8-12(15)23/h5,7,9-10H,2-4,6,8H2,1H3,(H2,15,23)(H,18,24)/t10-/m1/s1. The molecule has 3 rings (SSSR count). The SMILES string of the molecule is Cn1cnnc1[C@@H]1CCCN(C(=O)Nc2cnn(CC(N)=O)c2)C1. The van der Waals surface area contributed by atoms with Gasteiger partial charge in [0.05, 0.1) is 11.9 Å². The number of piperidine rings is 1. The predicted molar refractivity (Wildman–Crippen MR) is 85.0 cm³/mol. The summed E-state index contributed by atoms with van der Waals surface area (Å²) in [4.78, 5) is 25.1. The average molecular weight is 332 g/mol. The van der Waals surface area contributed by atoms with Crippen LogP contribution in [0.3, 0.4) is 0 Å². The van der Waals surface area contributed by atoms with Crippen LogP contribution in [0.25, 0.3) is 0 Å². The third-order valence-corrected chi connectivity index (χ3v) is 4.02. The minimum absolute atomic E-state index is 0.0200. The van der Waals surface area contributed by atoms with E-state index in [0.717, 1.165) is 18.7 Å². The zero-order valence-corrected chi connectivity index (χ0v) is 13.4. The highest BCUT2D eigenvalue weighted by atomic mass is 16.2. The van der Waals surface area contributed by atoms with Crippen LogP contribution in [0.15, 0.2) is 18.7 Å². The predicted octanol–water partition coefficient (Wildman–Crippen LogP) is -0.0916. The summed E-state index contributed by atoms with van der Waals surface area (Å²) in [5.74, 6) is 0.579. The second-order valence-electron chi connectivity index (χ2n) is 5.91. The van der Waals surface area contributed by atoms with Gasteiger partial charge in [0.15, 0.2) is 0 Å². The topological polar surface area (TPSA) is 124 Å². The molecule has 10 heteroatoms. The summed E-state index contributed by atoms with van der Waals surface area (Å²) in [6.45, 7) is 1.26. The lowest BCUT2D eigenvalue weighted by molar-refractivity contribution is -0.118. The fourth-order valence-electron chi connectivity index (χ4n) is 2.91. The van der Waals surface area contributed by atoms with Crippen molar-refractivity contribution in [3.63, 3.8) is 0 Å². The molecule has 2 aromatic heterocycles. The van der Waals surface area contributed by atoms with Gasteiger partial charge in [-0.15, -0.1) is 10.2 Å². The van der Waals surface area contributed by atoms with Gasteiger partial charge in [0, 0.05) is 32.3 Å². The van der Waals surface area contributed by atoms with E-state index in [1.165, 1.54) is 10.9 Å². The Bertz CT molecular complexity index is 737. The van der Waals surface area contributed by atoms with Crippen LogP contribution in [0, 0.1) is 0 Å². The van der Waals surface area contributed by atoms with Crippen LogP contribution < -0.4 is 11.1 Å². The summed E-state index contributed by atoms with van der Waals surface area (Å²) in [7, 11) is 1.90. The maximum absolute atomic E-state index is 12.4. The Balaban J connectivity index is 1.61. The van der Waals surface area contributed by atoms with Crippen LogP contribution in [0.4, 0.5) is 10.5 Å². The molecule has 1 aliphatic rings. The van der Waals surface area contributed by atoms with Crippen molar-refractivity contribution in [3.05, 3.63) is 24.5 Å². The maximum atomic E-state index is 12.4. The Kier molecular flexibility index (Phi) is 4.45. The molecule has 1 fully saturated rings. The van der Waals surface area contributed by atoms with Crippen molar-refractivity contribution in [3.8, 4) is 0 Å². The first-order valence-corrected chi connectivity index (χ1v) is 7.73. The largest absolute Gasteiger partial charge is 0.368 e. The van der Waals surface area contributed by atoms with E-state index < -0.39 is 5.91 Å². The molecule has 0 aromatic carbocycles. The van der Waals surface area contributed by atoms with E-state index in [2.05, 4.69) is 20.6 Å². The Hall–Kier alpha value is -2.91. The van der Waals surface area contributed by atoms with Gasteiger partial charge in [0.2, 0.25) is 5.91 Å². The molecule has 0 spiro atoms. The lowest BCUT2D eigenvalue weighted by atomic mass is 9.97. The summed E-state index contributed by atoms with van der Waals surface area (Å²) >= 11 is 0. The second-order valence-corrected chi connectivity index (χ2v) is 5.91. The first-order valence-electron chi connectivity index (χ1n) is 7.73. The highest BCUT2D eigenvalue weighted by molar-refractivity contribution is 5.89. The van der Waals surface area contributed by atoms with E-state index >= 15 is 0 Å². The Morgan fingerprint density at radius 3 is 3.00 bits per heavy atom. The molecule has 24 heavy (non-hydrogen) atoms. The molecule has 0 unspecified atom stereocenters. The number of nitrogens with zero attached hydrogens (tertiary/aromatic N) is 6. The number of primary amides is 1. The molecule has 0 bridgehead atoms. The van der Waals surface area contributed by atoms with E-state index in [9.17, 15) is 9.59 Å². The molecule has 0 radical (unpaired) electrons. The Morgan fingerprint density at radius 1 is 1.46 bits per heavy atom. The van der Waals surface area contributed by atoms with Gasteiger partial charge in [-0.2, -0.15) is 5.10 Å². The fraction of sp³-hybridized carbons (Fsp3) is 0.500. The van der Waals surface area contributed by atoms with E-state index in [0.29, 0.717) is 18.8 Å². The normalized spacial score (nSPS) is 17.7. The van der Waals surface area contributed by atoms with Crippen molar-refractivity contribution in [2.75, 3.05) is 18.4 Å². The maximum Gasteiger partial charge on any atom is 0.321 e. The lowest BCUT2D eigenvalue weighted by Gasteiger charge is -2.32. The van der Waals surface area contributed by atoms with Crippen molar-refractivity contribution >= 4 is 17.6 Å². The van der Waals surface area contributed by atoms with Crippen LogP contribution in [0.5, 0.6) is 0 Å². The van der Waals surface area contributed by atoms with E-state index in [-0.39, 0.29) is 18.5 Å². The molecule has 128 valence electrons. The minimum atomic E-state index is -0.487. The monoisotopic (exact) mass is 332 g/mol. The lowest BCUT2D eigenvalue weighted by Crippen LogP contribution is -2.42. The minimum Gasteiger partial charge on any atom is -0.368 e. The Morgan fingerprint density at radius 2 is 2.29 bits per heavy atom. The van der Waals surface area contributed by atoms with Crippen LogP contribution >= 0.6 is 0 Å². The number of urea groups is 1. The smallest absolute Gasteiger partial charge is 0.321 e. The fourth-order valence-corrected chi connectivity index (χ4v) is 2.91. The zero-order valence-electron chi connectivity index (χ0n) is 13.4. The third-order valence-electron chi connectivity index (χ3n) is 4.02. The molecular formula is C14H20N8O2. The molecule has 1 saturated heterocycles. The first kappa shape index (κ1) is 16.0. The molecule has 1 atom stereocenters. The van der Waals surface area contributed by atoms with Gasteiger partial charge < -0.3 is 20.5 Å². The molecule has 3 amide bonds. The summed E-state index contributed by atoms with van der Waals surface area (Å²) in [5.41, 5.74) is 5.65. The number of anilines is 1. The second kappa shape index (κ2) is 6.69.